The van der Waals surface area contributed by atoms with Gasteiger partial charge in [-0.05, 0) is 12.1 Å². The summed E-state index contributed by atoms with van der Waals surface area (Å²) in [6.07, 6.45) is 1.02. The summed E-state index contributed by atoms with van der Waals surface area (Å²) in [5, 5.41) is 18.9. The Balaban J connectivity index is 2.82. The van der Waals surface area contributed by atoms with Crippen LogP contribution in [0.1, 0.15) is 20.7 Å². The molecular formula is C10H6O4S. The lowest BCUT2D eigenvalue weighted by molar-refractivity contribution is 0.0986. The minimum atomic E-state index is -0.568. The van der Waals surface area contributed by atoms with Crippen LogP contribution in [0.2, 0.25) is 0 Å². The number of thiol groups is 1. The number of Topliss-reactive ketones (excluding diaryl/α,β-unsaturated/α-hetero) is 1. The molecule has 2 rings (SSSR count). The number of carbonyl (C=O) groups is 2. The molecule has 5 heteroatoms. The fourth-order valence-electron chi connectivity index (χ4n) is 1.45. The van der Waals surface area contributed by atoms with Crippen molar-refractivity contribution in [3.8, 4) is 11.5 Å². The molecule has 15 heavy (non-hydrogen) atoms. The van der Waals surface area contributed by atoms with Crippen molar-refractivity contribution in [1.82, 2.24) is 0 Å². The quantitative estimate of drug-likeness (QED) is 0.456. The van der Waals surface area contributed by atoms with Crippen molar-refractivity contribution in [3.63, 3.8) is 0 Å². The number of phenols is 2. The van der Waals surface area contributed by atoms with E-state index in [0.29, 0.717) is 0 Å². The van der Waals surface area contributed by atoms with Crippen molar-refractivity contribution in [2.45, 2.75) is 0 Å². The van der Waals surface area contributed by atoms with Crippen LogP contribution >= 0.6 is 12.6 Å². The van der Waals surface area contributed by atoms with E-state index in [1.807, 2.05) is 0 Å². The van der Waals surface area contributed by atoms with Gasteiger partial charge >= 0.3 is 0 Å². The number of rotatable bonds is 0. The van der Waals surface area contributed by atoms with E-state index in [9.17, 15) is 19.8 Å². The second kappa shape index (κ2) is 3.13. The van der Waals surface area contributed by atoms with Gasteiger partial charge in [0.05, 0.1) is 16.0 Å². The molecule has 0 heterocycles. The van der Waals surface area contributed by atoms with Crippen molar-refractivity contribution in [2.75, 3.05) is 0 Å². The summed E-state index contributed by atoms with van der Waals surface area (Å²) in [7, 11) is 0. The molecule has 1 aliphatic rings. The Kier molecular flexibility index (Phi) is 2.04. The molecule has 1 aliphatic carbocycles. The summed E-state index contributed by atoms with van der Waals surface area (Å²) >= 11 is 3.82. The number of aromatic hydroxyl groups is 2. The average Bonchev–Trinajstić information content (AvgIpc) is 2.18. The first-order chi connectivity index (χ1) is 7.02. The zero-order chi connectivity index (χ0) is 11.2. The maximum atomic E-state index is 11.6. The molecule has 0 aromatic heterocycles. The minimum Gasteiger partial charge on any atom is -0.507 e. The predicted molar refractivity (Wildman–Crippen MR) is 55.5 cm³/mol. The molecule has 76 valence electrons. The highest BCUT2D eigenvalue weighted by atomic mass is 32.1. The molecule has 0 amide bonds. The lowest BCUT2D eigenvalue weighted by Crippen LogP contribution is -2.14. The number of fused-ring (bicyclic) bond motifs is 1. The lowest BCUT2D eigenvalue weighted by atomic mass is 9.93. The van der Waals surface area contributed by atoms with Crippen LogP contribution in [0.3, 0.4) is 0 Å². The van der Waals surface area contributed by atoms with Crippen molar-refractivity contribution in [2.24, 2.45) is 0 Å². The van der Waals surface area contributed by atoms with Crippen LogP contribution in [-0.2, 0) is 0 Å². The molecule has 1 aromatic rings. The summed E-state index contributed by atoms with van der Waals surface area (Å²) < 4.78 is 0. The number of ketones is 2. The van der Waals surface area contributed by atoms with E-state index in [1.54, 1.807) is 0 Å². The molecule has 0 radical (unpaired) electrons. The van der Waals surface area contributed by atoms with Gasteiger partial charge in [-0.15, -0.1) is 12.6 Å². The van der Waals surface area contributed by atoms with Gasteiger partial charge < -0.3 is 10.2 Å². The second-order valence-corrected chi connectivity index (χ2v) is 3.56. The molecule has 0 saturated heterocycles. The number of hydrogen-bond acceptors (Lipinski definition) is 5. The molecule has 0 aliphatic heterocycles. The Morgan fingerprint density at radius 3 is 2.13 bits per heavy atom. The number of hydrogen-bond donors (Lipinski definition) is 3. The number of allylic oxidation sites excluding steroid dienone is 2. The molecule has 4 nitrogen and oxygen atoms in total. The molecule has 0 unspecified atom stereocenters. The van der Waals surface area contributed by atoms with Crippen molar-refractivity contribution >= 4 is 24.2 Å². The summed E-state index contributed by atoms with van der Waals surface area (Å²) in [5.41, 5.74) is -0.356. The molecular weight excluding hydrogens is 216 g/mol. The van der Waals surface area contributed by atoms with Crippen LogP contribution in [0, 0.1) is 0 Å². The monoisotopic (exact) mass is 222 g/mol. The van der Waals surface area contributed by atoms with Gasteiger partial charge in [0.25, 0.3) is 0 Å². The summed E-state index contributed by atoms with van der Waals surface area (Å²) in [6, 6.07) is 2.32. The fraction of sp³-hybridized carbons (Fsp3) is 0. The summed E-state index contributed by atoms with van der Waals surface area (Å²) in [5.74, 6) is -1.76. The van der Waals surface area contributed by atoms with Gasteiger partial charge in [-0.2, -0.15) is 0 Å². The van der Waals surface area contributed by atoms with Crippen LogP contribution in [-0.4, -0.2) is 21.8 Å². The first-order valence-electron chi connectivity index (χ1n) is 4.07. The zero-order valence-corrected chi connectivity index (χ0v) is 8.28. The zero-order valence-electron chi connectivity index (χ0n) is 7.39. The SMILES string of the molecule is O=C1C=C(S)C(=O)c2c(O)ccc(O)c21. The van der Waals surface area contributed by atoms with Crippen molar-refractivity contribution in [1.29, 1.82) is 0 Å². The van der Waals surface area contributed by atoms with Gasteiger partial charge in [0.1, 0.15) is 11.5 Å². The van der Waals surface area contributed by atoms with Gasteiger partial charge in [-0.25, -0.2) is 0 Å². The summed E-state index contributed by atoms with van der Waals surface area (Å²) in [4.78, 5) is 23.0. The molecule has 0 atom stereocenters. The third-order valence-corrected chi connectivity index (χ3v) is 2.47. The maximum absolute atomic E-state index is 11.6. The average molecular weight is 222 g/mol. The molecule has 0 spiro atoms. The Morgan fingerprint density at radius 2 is 1.53 bits per heavy atom. The van der Waals surface area contributed by atoms with E-state index in [0.717, 1.165) is 18.2 Å². The van der Waals surface area contributed by atoms with Gasteiger partial charge in [0, 0.05) is 6.08 Å². The standard InChI is InChI=1S/C10H6O4S/c11-4-1-2-5(12)9-8(4)6(13)3-7(15)10(9)14/h1-3,11-12,15H. The third kappa shape index (κ3) is 1.32. The highest BCUT2D eigenvalue weighted by Crippen LogP contribution is 2.35. The van der Waals surface area contributed by atoms with Crippen molar-refractivity contribution < 1.29 is 19.8 Å². The van der Waals surface area contributed by atoms with Gasteiger partial charge in [-0.1, -0.05) is 0 Å². The van der Waals surface area contributed by atoms with Crippen LogP contribution < -0.4 is 0 Å². The van der Waals surface area contributed by atoms with E-state index in [2.05, 4.69) is 12.6 Å². The van der Waals surface area contributed by atoms with Crippen LogP contribution in [0.15, 0.2) is 23.1 Å². The molecule has 0 fully saturated rings. The Morgan fingerprint density at radius 1 is 1.00 bits per heavy atom. The maximum Gasteiger partial charge on any atom is 0.203 e. The fourth-order valence-corrected chi connectivity index (χ4v) is 1.68. The van der Waals surface area contributed by atoms with Gasteiger partial charge in [0.15, 0.2) is 5.78 Å². The van der Waals surface area contributed by atoms with Gasteiger partial charge in [-0.3, -0.25) is 9.59 Å². The van der Waals surface area contributed by atoms with E-state index in [1.165, 1.54) is 0 Å². The Labute approximate surface area is 90.3 Å². The summed E-state index contributed by atoms with van der Waals surface area (Å²) in [6.45, 7) is 0. The van der Waals surface area contributed by atoms with E-state index < -0.39 is 11.6 Å². The largest absolute Gasteiger partial charge is 0.507 e. The van der Waals surface area contributed by atoms with Crippen molar-refractivity contribution in [3.05, 3.63) is 34.2 Å². The molecule has 0 bridgehead atoms. The van der Waals surface area contributed by atoms with Crippen LogP contribution in [0.5, 0.6) is 11.5 Å². The Hall–Kier alpha value is -1.75. The van der Waals surface area contributed by atoms with Crippen LogP contribution in [0.25, 0.3) is 0 Å². The first-order valence-corrected chi connectivity index (χ1v) is 4.51. The highest BCUT2D eigenvalue weighted by Gasteiger charge is 2.29. The molecule has 1 aromatic carbocycles. The second-order valence-electron chi connectivity index (χ2n) is 3.08. The van der Waals surface area contributed by atoms with E-state index >= 15 is 0 Å². The first kappa shape index (κ1) is 9.79. The number of benzene rings is 1. The smallest absolute Gasteiger partial charge is 0.203 e. The van der Waals surface area contributed by atoms with Gasteiger partial charge in [0.2, 0.25) is 5.78 Å². The predicted octanol–water partition coefficient (Wildman–Crippen LogP) is 1.29. The van der Waals surface area contributed by atoms with E-state index in [4.69, 9.17) is 0 Å². The number of carbonyl (C=O) groups excluding carboxylic acids is 2. The lowest BCUT2D eigenvalue weighted by Gasteiger charge is -2.14. The minimum absolute atomic E-state index is 0.0478. The Bertz CT molecular complexity index is 516. The van der Waals surface area contributed by atoms with E-state index in [-0.39, 0.29) is 27.5 Å². The third-order valence-electron chi connectivity index (χ3n) is 2.14. The normalized spacial score (nSPS) is 14.9. The molecule has 0 saturated carbocycles. The van der Waals surface area contributed by atoms with Crippen LogP contribution in [0.4, 0.5) is 0 Å². The molecule has 2 N–H and O–H groups in total. The highest BCUT2D eigenvalue weighted by molar-refractivity contribution is 7.85. The number of phenolic OH excluding ortho intramolecular Hbond substituents is 2. The topological polar surface area (TPSA) is 74.6 Å².